The quantitative estimate of drug-likeness (QED) is 0.193. The zero-order valence-corrected chi connectivity index (χ0v) is 20.1. The molecule has 0 amide bonds. The summed E-state index contributed by atoms with van der Waals surface area (Å²) in [7, 11) is 0. The number of hydrazone groups is 1. The maximum atomic E-state index is 13.6. The Kier molecular flexibility index (Phi) is 8.28. The molecule has 9 heteroatoms. The SMILES string of the molecule is NSCCN=C(NSc1ccc(Cl)cc1)N1CC(c2ccccc2)C(c2ccc(F)cc2)=N1. The molecule has 1 aliphatic heterocycles. The van der Waals surface area contributed by atoms with E-state index in [1.807, 2.05) is 47.5 Å². The smallest absolute Gasteiger partial charge is 0.225 e. The molecule has 33 heavy (non-hydrogen) atoms. The molecule has 0 aliphatic carbocycles. The van der Waals surface area contributed by atoms with Gasteiger partial charge >= 0.3 is 0 Å². The lowest BCUT2D eigenvalue weighted by Gasteiger charge is -2.19. The average molecular weight is 500 g/mol. The van der Waals surface area contributed by atoms with Gasteiger partial charge in [0.1, 0.15) is 5.82 Å². The predicted molar refractivity (Wildman–Crippen MR) is 138 cm³/mol. The number of aliphatic imine (C=N–C) groups is 1. The average Bonchev–Trinajstić information content (AvgIpc) is 3.29. The summed E-state index contributed by atoms with van der Waals surface area (Å²) < 4.78 is 16.9. The summed E-state index contributed by atoms with van der Waals surface area (Å²) in [5.74, 6) is 1.09. The van der Waals surface area contributed by atoms with Crippen molar-refractivity contribution >= 4 is 47.2 Å². The van der Waals surface area contributed by atoms with E-state index in [-0.39, 0.29) is 11.7 Å². The van der Waals surface area contributed by atoms with Gasteiger partial charge in [-0.15, -0.1) is 0 Å². The Balaban J connectivity index is 1.62. The van der Waals surface area contributed by atoms with Crippen LogP contribution < -0.4 is 9.86 Å². The monoisotopic (exact) mass is 499 g/mol. The number of benzene rings is 3. The van der Waals surface area contributed by atoms with Crippen molar-refractivity contribution < 1.29 is 4.39 Å². The molecule has 1 aliphatic rings. The molecule has 0 spiro atoms. The topological polar surface area (TPSA) is 66.0 Å². The normalized spacial score (nSPS) is 16.1. The van der Waals surface area contributed by atoms with E-state index in [1.165, 1.54) is 36.0 Å². The number of hydrogen-bond donors (Lipinski definition) is 2. The minimum Gasteiger partial charge on any atom is -0.295 e. The van der Waals surface area contributed by atoms with E-state index in [1.54, 1.807) is 12.1 Å². The van der Waals surface area contributed by atoms with Crippen LogP contribution >= 0.6 is 35.5 Å². The van der Waals surface area contributed by atoms with Crippen LogP contribution in [-0.4, -0.2) is 35.5 Å². The first-order valence-corrected chi connectivity index (χ1v) is 12.6. The first-order chi connectivity index (χ1) is 16.1. The summed E-state index contributed by atoms with van der Waals surface area (Å²) in [6.45, 7) is 1.16. The minimum atomic E-state index is -0.270. The number of nitrogens with one attached hydrogen (secondary N) is 1. The minimum absolute atomic E-state index is 0.0214. The first-order valence-electron chi connectivity index (χ1n) is 10.4. The largest absolute Gasteiger partial charge is 0.295 e. The van der Waals surface area contributed by atoms with E-state index >= 15 is 0 Å². The fourth-order valence-corrected chi connectivity index (χ4v) is 4.41. The van der Waals surface area contributed by atoms with E-state index in [4.69, 9.17) is 26.8 Å². The van der Waals surface area contributed by atoms with E-state index < -0.39 is 0 Å². The van der Waals surface area contributed by atoms with Gasteiger partial charge in [-0.1, -0.05) is 66.0 Å². The van der Waals surface area contributed by atoms with Crippen LogP contribution in [-0.2, 0) is 0 Å². The molecule has 1 atom stereocenters. The zero-order valence-electron chi connectivity index (χ0n) is 17.7. The molecule has 1 unspecified atom stereocenters. The Bertz CT molecular complexity index is 1110. The molecule has 4 rings (SSSR count). The van der Waals surface area contributed by atoms with Gasteiger partial charge in [-0.2, -0.15) is 5.10 Å². The summed E-state index contributed by atoms with van der Waals surface area (Å²) in [5, 5.41) is 13.1. The number of halogens is 2. The molecule has 5 nitrogen and oxygen atoms in total. The molecule has 3 N–H and O–H groups in total. The van der Waals surface area contributed by atoms with E-state index in [2.05, 4.69) is 16.9 Å². The highest BCUT2D eigenvalue weighted by Crippen LogP contribution is 2.29. The van der Waals surface area contributed by atoms with Crippen molar-refractivity contribution in [3.05, 3.63) is 101 Å². The van der Waals surface area contributed by atoms with Crippen LogP contribution in [0.2, 0.25) is 5.02 Å². The van der Waals surface area contributed by atoms with Crippen LogP contribution in [0, 0.1) is 5.82 Å². The lowest BCUT2D eigenvalue weighted by Crippen LogP contribution is -2.34. The predicted octanol–water partition coefficient (Wildman–Crippen LogP) is 5.54. The molecule has 0 bridgehead atoms. The molecular weight excluding hydrogens is 477 g/mol. The third kappa shape index (κ3) is 6.29. The van der Waals surface area contributed by atoms with Crippen molar-refractivity contribution in [2.45, 2.75) is 10.8 Å². The van der Waals surface area contributed by atoms with Crippen molar-refractivity contribution in [2.75, 3.05) is 18.8 Å². The summed E-state index contributed by atoms with van der Waals surface area (Å²) in [6, 6.07) is 24.2. The Morgan fingerprint density at radius 1 is 1.09 bits per heavy atom. The maximum absolute atomic E-state index is 13.6. The second kappa shape index (κ2) is 11.6. The summed E-state index contributed by atoms with van der Waals surface area (Å²) in [5.41, 5.74) is 2.90. The molecule has 0 fully saturated rings. The first kappa shape index (κ1) is 23.6. The molecule has 3 aromatic carbocycles. The van der Waals surface area contributed by atoms with Crippen LogP contribution in [0.4, 0.5) is 4.39 Å². The third-order valence-electron chi connectivity index (χ3n) is 5.04. The Hall–Kier alpha value is -2.52. The highest BCUT2D eigenvalue weighted by molar-refractivity contribution is 7.98. The van der Waals surface area contributed by atoms with Crippen molar-refractivity contribution in [2.24, 2.45) is 15.2 Å². The van der Waals surface area contributed by atoms with Gasteiger partial charge in [0.15, 0.2) is 0 Å². The molecule has 0 saturated carbocycles. The fourth-order valence-electron chi connectivity index (χ4n) is 3.44. The van der Waals surface area contributed by atoms with Gasteiger partial charge in [0.2, 0.25) is 5.96 Å². The van der Waals surface area contributed by atoms with E-state index in [0.29, 0.717) is 29.8 Å². The van der Waals surface area contributed by atoms with Crippen LogP contribution in [0.3, 0.4) is 0 Å². The number of guanidine groups is 1. The number of rotatable bonds is 7. The van der Waals surface area contributed by atoms with Crippen molar-refractivity contribution in [1.29, 1.82) is 0 Å². The molecule has 0 saturated heterocycles. The molecule has 0 aromatic heterocycles. The Morgan fingerprint density at radius 2 is 1.82 bits per heavy atom. The summed E-state index contributed by atoms with van der Waals surface area (Å²) >= 11 is 8.70. The zero-order chi connectivity index (χ0) is 23.0. The molecule has 170 valence electrons. The fraction of sp³-hybridized carbons (Fsp3) is 0.167. The van der Waals surface area contributed by atoms with E-state index in [9.17, 15) is 4.39 Å². The lowest BCUT2D eigenvalue weighted by molar-refractivity contribution is 0.464. The van der Waals surface area contributed by atoms with Gasteiger partial charge in [-0.05, 0) is 59.5 Å². The standard InChI is InChI=1S/C24H23ClFN5S2/c25-19-8-12-21(13-9-19)33-30-24(28-14-15-32-27)31-16-22(17-4-2-1-3-5-17)23(29-31)18-6-10-20(26)11-7-18/h1-13,22H,14-16,27H2,(H,28,30). The Morgan fingerprint density at radius 3 is 2.52 bits per heavy atom. The molecule has 1 heterocycles. The summed E-state index contributed by atoms with van der Waals surface area (Å²) in [6.07, 6.45) is 0. The number of nitrogens with zero attached hydrogens (tertiary/aromatic N) is 3. The van der Waals surface area contributed by atoms with Gasteiger partial charge in [0.05, 0.1) is 18.8 Å². The molecule has 0 radical (unpaired) electrons. The van der Waals surface area contributed by atoms with Gasteiger partial charge in [-0.3, -0.25) is 9.86 Å². The second-order valence-electron chi connectivity index (χ2n) is 7.27. The highest BCUT2D eigenvalue weighted by Gasteiger charge is 2.31. The second-order valence-corrected chi connectivity index (χ2v) is 9.33. The van der Waals surface area contributed by atoms with Crippen LogP contribution in [0.25, 0.3) is 0 Å². The van der Waals surface area contributed by atoms with Gasteiger partial charge < -0.3 is 0 Å². The summed E-state index contributed by atoms with van der Waals surface area (Å²) in [4.78, 5) is 5.72. The molecule has 3 aromatic rings. The third-order valence-corrected chi connectivity index (χ3v) is 6.51. The van der Waals surface area contributed by atoms with Crippen molar-refractivity contribution in [3.8, 4) is 0 Å². The highest BCUT2D eigenvalue weighted by atomic mass is 35.5. The van der Waals surface area contributed by atoms with E-state index in [0.717, 1.165) is 21.7 Å². The maximum Gasteiger partial charge on any atom is 0.225 e. The van der Waals surface area contributed by atoms with Gasteiger partial charge in [0, 0.05) is 21.6 Å². The van der Waals surface area contributed by atoms with Crippen LogP contribution in [0.1, 0.15) is 17.0 Å². The number of nitrogens with two attached hydrogens (primary N) is 1. The van der Waals surface area contributed by atoms with Gasteiger partial charge in [-0.25, -0.2) is 14.4 Å². The number of hydrogen-bond acceptors (Lipinski definition) is 5. The van der Waals surface area contributed by atoms with Crippen molar-refractivity contribution in [1.82, 2.24) is 9.73 Å². The Labute approximate surface area is 206 Å². The van der Waals surface area contributed by atoms with Crippen LogP contribution in [0.15, 0.2) is 93.9 Å². The van der Waals surface area contributed by atoms with Crippen LogP contribution in [0.5, 0.6) is 0 Å². The van der Waals surface area contributed by atoms with Crippen molar-refractivity contribution in [3.63, 3.8) is 0 Å². The van der Waals surface area contributed by atoms with Gasteiger partial charge in [0.25, 0.3) is 0 Å². The lowest BCUT2D eigenvalue weighted by atomic mass is 9.91. The molecular formula is C24H23ClFN5S2.